The minimum absolute atomic E-state index is 0.409. The molecule has 0 atom stereocenters. The fourth-order valence-electron chi connectivity index (χ4n) is 1.30. The zero-order valence-electron chi connectivity index (χ0n) is 10.5. The lowest BCUT2D eigenvalue weighted by Crippen LogP contribution is -2.32. The lowest BCUT2D eigenvalue weighted by Gasteiger charge is -2.19. The first-order chi connectivity index (χ1) is 7.29. The number of ether oxygens (including phenoxy) is 1. The second kappa shape index (κ2) is 4.55. The van der Waals surface area contributed by atoms with Crippen molar-refractivity contribution in [2.24, 2.45) is 7.05 Å². The molecule has 0 aliphatic carbocycles. The van der Waals surface area contributed by atoms with Gasteiger partial charge in [0.25, 0.3) is 0 Å². The van der Waals surface area contributed by atoms with Crippen LogP contribution in [0.1, 0.15) is 32.0 Å². The zero-order valence-corrected chi connectivity index (χ0v) is 10.5. The molecule has 0 aliphatic heterocycles. The molecule has 0 fully saturated rings. The molecule has 1 heterocycles. The van der Waals surface area contributed by atoms with Gasteiger partial charge < -0.3 is 10.1 Å². The van der Waals surface area contributed by atoms with E-state index in [1.54, 1.807) is 10.9 Å². The van der Waals surface area contributed by atoms with Crippen LogP contribution in [0.4, 0.5) is 4.79 Å². The zero-order chi connectivity index (χ0) is 12.3. The number of amides is 1. The van der Waals surface area contributed by atoms with Gasteiger partial charge in [0.2, 0.25) is 0 Å². The van der Waals surface area contributed by atoms with Crippen LogP contribution in [0.15, 0.2) is 6.20 Å². The third-order valence-corrected chi connectivity index (χ3v) is 2.07. The highest BCUT2D eigenvalue weighted by atomic mass is 16.6. The Kier molecular flexibility index (Phi) is 3.57. The van der Waals surface area contributed by atoms with E-state index in [-0.39, 0.29) is 0 Å². The van der Waals surface area contributed by atoms with Gasteiger partial charge in [0.15, 0.2) is 0 Å². The van der Waals surface area contributed by atoms with Gasteiger partial charge in [0.05, 0.1) is 18.4 Å². The summed E-state index contributed by atoms with van der Waals surface area (Å²) in [5.74, 6) is 0. The molecule has 0 saturated heterocycles. The summed E-state index contributed by atoms with van der Waals surface area (Å²) in [6.07, 6.45) is 1.36. The van der Waals surface area contributed by atoms with E-state index in [9.17, 15) is 4.79 Å². The largest absolute Gasteiger partial charge is 0.444 e. The van der Waals surface area contributed by atoms with Crippen molar-refractivity contribution >= 4 is 6.09 Å². The Hall–Kier alpha value is -1.52. The van der Waals surface area contributed by atoms with Crippen LogP contribution in [0.3, 0.4) is 0 Å². The van der Waals surface area contributed by atoms with E-state index >= 15 is 0 Å². The highest BCUT2D eigenvalue weighted by molar-refractivity contribution is 5.67. The molecule has 0 aliphatic rings. The average Bonchev–Trinajstić information content (AvgIpc) is 2.41. The first kappa shape index (κ1) is 12.5. The Morgan fingerprint density at radius 2 is 2.19 bits per heavy atom. The van der Waals surface area contributed by atoms with Crippen LogP contribution in [0.2, 0.25) is 0 Å². The van der Waals surface area contributed by atoms with Crippen LogP contribution in [0.5, 0.6) is 0 Å². The normalized spacial score (nSPS) is 11.3. The molecular formula is C11H19N3O2. The number of aryl methyl sites for hydroxylation is 2. The minimum atomic E-state index is -0.467. The topological polar surface area (TPSA) is 56.2 Å². The van der Waals surface area contributed by atoms with E-state index in [4.69, 9.17) is 4.74 Å². The molecule has 5 heteroatoms. The Bertz CT molecular complexity index is 358. The standard InChI is InChI=1S/C11H19N3O2/c1-8-6-13-14(5)9(8)7-12-10(15)16-11(2,3)4/h6H,7H2,1-5H3,(H,12,15). The third kappa shape index (κ3) is 3.56. The molecule has 90 valence electrons. The van der Waals surface area contributed by atoms with E-state index < -0.39 is 11.7 Å². The van der Waals surface area contributed by atoms with Gasteiger partial charge >= 0.3 is 6.09 Å². The van der Waals surface area contributed by atoms with Crippen molar-refractivity contribution in [1.29, 1.82) is 0 Å². The van der Waals surface area contributed by atoms with E-state index in [0.717, 1.165) is 11.3 Å². The van der Waals surface area contributed by atoms with Gasteiger partial charge in [-0.2, -0.15) is 5.10 Å². The highest BCUT2D eigenvalue weighted by Gasteiger charge is 2.16. The SMILES string of the molecule is Cc1cnn(C)c1CNC(=O)OC(C)(C)C. The number of nitrogens with one attached hydrogen (secondary N) is 1. The van der Waals surface area contributed by atoms with E-state index in [1.165, 1.54) is 0 Å². The maximum absolute atomic E-state index is 11.4. The summed E-state index contributed by atoms with van der Waals surface area (Å²) < 4.78 is 6.88. The average molecular weight is 225 g/mol. The van der Waals surface area contributed by atoms with Gasteiger partial charge in [-0.25, -0.2) is 4.79 Å². The first-order valence-electron chi connectivity index (χ1n) is 5.24. The summed E-state index contributed by atoms with van der Waals surface area (Å²) >= 11 is 0. The summed E-state index contributed by atoms with van der Waals surface area (Å²) in [6.45, 7) is 7.89. The molecule has 0 unspecified atom stereocenters. The van der Waals surface area contributed by atoms with Gasteiger partial charge in [-0.3, -0.25) is 4.68 Å². The number of nitrogens with zero attached hydrogens (tertiary/aromatic N) is 2. The summed E-state index contributed by atoms with van der Waals surface area (Å²) in [4.78, 5) is 11.4. The second-order valence-corrected chi connectivity index (χ2v) is 4.75. The number of hydrogen-bond acceptors (Lipinski definition) is 3. The molecule has 0 bridgehead atoms. The van der Waals surface area contributed by atoms with E-state index in [1.807, 2.05) is 34.7 Å². The van der Waals surface area contributed by atoms with Crippen molar-refractivity contribution in [1.82, 2.24) is 15.1 Å². The first-order valence-corrected chi connectivity index (χ1v) is 5.24. The summed E-state index contributed by atoms with van der Waals surface area (Å²) in [5, 5.41) is 6.79. The number of alkyl carbamates (subject to hydrolysis) is 1. The smallest absolute Gasteiger partial charge is 0.407 e. The molecule has 0 aromatic carbocycles. The number of aromatic nitrogens is 2. The summed E-state index contributed by atoms with van der Waals surface area (Å²) in [6, 6.07) is 0. The Labute approximate surface area is 95.8 Å². The third-order valence-electron chi connectivity index (χ3n) is 2.07. The molecule has 1 aromatic heterocycles. The Morgan fingerprint density at radius 1 is 1.56 bits per heavy atom. The van der Waals surface area contributed by atoms with Gasteiger partial charge in [-0.1, -0.05) is 0 Å². The second-order valence-electron chi connectivity index (χ2n) is 4.75. The lowest BCUT2D eigenvalue weighted by atomic mass is 10.2. The molecular weight excluding hydrogens is 206 g/mol. The minimum Gasteiger partial charge on any atom is -0.444 e. The lowest BCUT2D eigenvalue weighted by molar-refractivity contribution is 0.0522. The van der Waals surface area contributed by atoms with Gasteiger partial charge in [0.1, 0.15) is 5.60 Å². The van der Waals surface area contributed by atoms with Crippen LogP contribution in [0.25, 0.3) is 0 Å². The van der Waals surface area contributed by atoms with Crippen molar-refractivity contribution < 1.29 is 9.53 Å². The predicted octanol–water partition coefficient (Wildman–Crippen LogP) is 1.75. The number of carbonyl (C=O) groups is 1. The maximum Gasteiger partial charge on any atom is 0.407 e. The molecule has 0 spiro atoms. The van der Waals surface area contributed by atoms with Crippen LogP contribution in [0, 0.1) is 6.92 Å². The maximum atomic E-state index is 11.4. The van der Waals surface area contributed by atoms with Crippen molar-refractivity contribution in [3.05, 3.63) is 17.5 Å². The number of carbonyl (C=O) groups excluding carboxylic acids is 1. The fraction of sp³-hybridized carbons (Fsp3) is 0.636. The van der Waals surface area contributed by atoms with Crippen molar-refractivity contribution in [2.45, 2.75) is 39.8 Å². The molecule has 5 nitrogen and oxygen atoms in total. The highest BCUT2D eigenvalue weighted by Crippen LogP contribution is 2.08. The van der Waals surface area contributed by atoms with Crippen LogP contribution >= 0.6 is 0 Å². The van der Waals surface area contributed by atoms with Crippen molar-refractivity contribution in [3.63, 3.8) is 0 Å². The Morgan fingerprint density at radius 3 is 2.62 bits per heavy atom. The molecule has 1 rings (SSSR count). The quantitative estimate of drug-likeness (QED) is 0.834. The molecule has 1 amide bonds. The van der Waals surface area contributed by atoms with Crippen molar-refractivity contribution in [2.75, 3.05) is 0 Å². The summed E-state index contributed by atoms with van der Waals surface area (Å²) in [7, 11) is 1.85. The molecule has 16 heavy (non-hydrogen) atoms. The molecule has 1 aromatic rings. The van der Waals surface area contributed by atoms with E-state index in [0.29, 0.717) is 6.54 Å². The predicted molar refractivity (Wildman–Crippen MR) is 61.0 cm³/mol. The fourth-order valence-corrected chi connectivity index (χ4v) is 1.30. The van der Waals surface area contributed by atoms with Crippen LogP contribution < -0.4 is 5.32 Å². The molecule has 0 saturated carbocycles. The van der Waals surface area contributed by atoms with E-state index in [2.05, 4.69) is 10.4 Å². The van der Waals surface area contributed by atoms with Crippen LogP contribution in [-0.4, -0.2) is 21.5 Å². The summed E-state index contributed by atoms with van der Waals surface area (Å²) in [5.41, 5.74) is 1.57. The van der Waals surface area contributed by atoms with Gasteiger partial charge in [-0.15, -0.1) is 0 Å². The molecule has 0 radical (unpaired) electrons. The van der Waals surface area contributed by atoms with Crippen LogP contribution in [-0.2, 0) is 18.3 Å². The number of hydrogen-bond donors (Lipinski definition) is 1. The molecule has 1 N–H and O–H groups in total. The Balaban J connectivity index is 2.50. The monoisotopic (exact) mass is 225 g/mol. The number of rotatable bonds is 2. The van der Waals surface area contributed by atoms with Gasteiger partial charge in [0, 0.05) is 7.05 Å². The van der Waals surface area contributed by atoms with Crippen molar-refractivity contribution in [3.8, 4) is 0 Å². The van der Waals surface area contributed by atoms with Gasteiger partial charge in [-0.05, 0) is 33.3 Å².